The number of carboxylic acids is 1. The van der Waals surface area contributed by atoms with Crippen LogP contribution in [0.4, 0.5) is 17.1 Å². The second kappa shape index (κ2) is 13.3. The number of carboxylic acid groups (broad SMARTS) is 1. The number of hydrazone groups is 1. The van der Waals surface area contributed by atoms with Gasteiger partial charge in [0.05, 0.1) is 23.5 Å². The molecule has 2 aromatic carbocycles. The molecule has 5 N–H and O–H groups in total. The van der Waals surface area contributed by atoms with E-state index in [1.807, 2.05) is 31.2 Å². The Labute approximate surface area is 215 Å². The van der Waals surface area contributed by atoms with E-state index in [1.165, 1.54) is 11.9 Å². The summed E-state index contributed by atoms with van der Waals surface area (Å²) in [4.78, 5) is 25.6. The van der Waals surface area contributed by atoms with Gasteiger partial charge in [0, 0.05) is 24.3 Å². The molecule has 2 aromatic rings. The average molecular weight is 467 g/mol. The summed E-state index contributed by atoms with van der Waals surface area (Å²) in [5.74, 6) is 10.4. The number of carbonyl (C=O) groups is 2. The van der Waals surface area contributed by atoms with E-state index in [1.54, 1.807) is 29.2 Å². The molecule has 0 radical (unpaired) electrons. The molecular formula is C21H27N6NaO3S. The fourth-order valence-electron chi connectivity index (χ4n) is 2.92. The number of aliphatic carboxylic acids is 1. The number of nitrogens with zero attached hydrogens (tertiary/aromatic N) is 3. The first-order valence-corrected chi connectivity index (χ1v) is 10.3. The van der Waals surface area contributed by atoms with Gasteiger partial charge in [0.2, 0.25) is 5.91 Å². The molecule has 0 aromatic heterocycles. The van der Waals surface area contributed by atoms with E-state index in [9.17, 15) is 14.7 Å². The number of benzene rings is 2. The molecule has 0 fully saturated rings. The summed E-state index contributed by atoms with van der Waals surface area (Å²) in [5, 5.41) is 19.1. The van der Waals surface area contributed by atoms with Crippen LogP contribution in [0.1, 0.15) is 18.9 Å². The quantitative estimate of drug-likeness (QED) is 0.0825. The molecule has 2 rings (SSSR count). The van der Waals surface area contributed by atoms with Gasteiger partial charge in [-0.05, 0) is 44.2 Å². The van der Waals surface area contributed by atoms with Crippen LogP contribution in [-0.2, 0) is 9.59 Å². The molecule has 0 spiro atoms. The van der Waals surface area contributed by atoms with Crippen LogP contribution in [0.3, 0.4) is 0 Å². The van der Waals surface area contributed by atoms with Gasteiger partial charge < -0.3 is 26.0 Å². The van der Waals surface area contributed by atoms with Gasteiger partial charge in [-0.2, -0.15) is 17.7 Å². The first kappa shape index (κ1) is 27.8. The van der Waals surface area contributed by atoms with Crippen molar-refractivity contribution in [2.45, 2.75) is 26.3 Å². The SMILES string of the molecule is Cc1ccc(N(CCC(=O)Nc2cccc(N(N)/C(CS)=N\N)c2)C(C)C(=O)[O-])cc1.[Na+]. The smallest absolute Gasteiger partial charge is 0.548 e. The maximum absolute atomic E-state index is 12.5. The van der Waals surface area contributed by atoms with Crippen LogP contribution in [-0.4, -0.2) is 36.1 Å². The van der Waals surface area contributed by atoms with Crippen molar-refractivity contribution in [1.82, 2.24) is 0 Å². The Morgan fingerprint density at radius 1 is 1.19 bits per heavy atom. The molecule has 0 saturated carbocycles. The van der Waals surface area contributed by atoms with Crippen LogP contribution in [0.5, 0.6) is 0 Å². The molecule has 0 aliphatic heterocycles. The second-order valence-corrected chi connectivity index (χ2v) is 7.26. The van der Waals surface area contributed by atoms with E-state index in [4.69, 9.17) is 11.7 Å². The monoisotopic (exact) mass is 466 g/mol. The fraction of sp³-hybridized carbons (Fsp3) is 0.286. The number of thiol groups is 1. The molecule has 32 heavy (non-hydrogen) atoms. The summed E-state index contributed by atoms with van der Waals surface area (Å²) in [6.07, 6.45) is 0.0776. The van der Waals surface area contributed by atoms with Gasteiger partial charge in [0.15, 0.2) is 5.84 Å². The molecule has 0 bridgehead atoms. The van der Waals surface area contributed by atoms with Gasteiger partial charge in [0.1, 0.15) is 0 Å². The predicted octanol–water partition coefficient (Wildman–Crippen LogP) is -2.15. The Balaban J connectivity index is 0.00000512. The van der Waals surface area contributed by atoms with Crippen molar-refractivity contribution in [2.24, 2.45) is 16.8 Å². The first-order chi connectivity index (χ1) is 14.8. The number of anilines is 3. The minimum Gasteiger partial charge on any atom is -0.548 e. The van der Waals surface area contributed by atoms with E-state index in [2.05, 4.69) is 23.0 Å². The van der Waals surface area contributed by atoms with Crippen LogP contribution in [0.25, 0.3) is 0 Å². The van der Waals surface area contributed by atoms with Gasteiger partial charge in [0.25, 0.3) is 0 Å². The van der Waals surface area contributed by atoms with Crippen molar-refractivity contribution >= 4 is 47.4 Å². The van der Waals surface area contributed by atoms with E-state index in [0.29, 0.717) is 22.9 Å². The molecule has 0 heterocycles. The summed E-state index contributed by atoms with van der Waals surface area (Å²) >= 11 is 4.13. The topological polar surface area (TPSA) is 140 Å². The molecule has 0 aliphatic carbocycles. The molecule has 0 aliphatic rings. The predicted molar refractivity (Wildman–Crippen MR) is 125 cm³/mol. The maximum Gasteiger partial charge on any atom is 1.00 e. The number of amidine groups is 1. The zero-order valence-corrected chi connectivity index (χ0v) is 21.4. The van der Waals surface area contributed by atoms with Gasteiger partial charge in [-0.25, -0.2) is 5.84 Å². The molecule has 1 atom stereocenters. The first-order valence-electron chi connectivity index (χ1n) is 9.63. The van der Waals surface area contributed by atoms with Gasteiger partial charge >= 0.3 is 29.6 Å². The van der Waals surface area contributed by atoms with Gasteiger partial charge in [-0.1, -0.05) is 23.8 Å². The number of aryl methyl sites for hydroxylation is 1. The number of nitrogens with one attached hydrogen (secondary N) is 1. The van der Waals surface area contributed by atoms with E-state index in [-0.39, 0.29) is 54.2 Å². The van der Waals surface area contributed by atoms with Crippen LogP contribution in [0.2, 0.25) is 0 Å². The number of nitrogens with two attached hydrogens (primary N) is 2. The third-order valence-corrected chi connectivity index (χ3v) is 5.01. The zero-order chi connectivity index (χ0) is 23.0. The van der Waals surface area contributed by atoms with E-state index < -0.39 is 12.0 Å². The van der Waals surface area contributed by atoms with Gasteiger partial charge in [-0.3, -0.25) is 9.80 Å². The van der Waals surface area contributed by atoms with Crippen molar-refractivity contribution in [3.05, 3.63) is 54.1 Å². The molecule has 11 heteroatoms. The van der Waals surface area contributed by atoms with Crippen molar-refractivity contribution in [3.63, 3.8) is 0 Å². The second-order valence-electron chi connectivity index (χ2n) is 6.95. The Morgan fingerprint density at radius 2 is 1.84 bits per heavy atom. The number of hydrazine groups is 1. The van der Waals surface area contributed by atoms with Gasteiger partial charge in [-0.15, -0.1) is 0 Å². The molecular weight excluding hydrogens is 439 g/mol. The molecule has 166 valence electrons. The van der Waals surface area contributed by atoms with Crippen molar-refractivity contribution < 1.29 is 44.3 Å². The number of hydrogen-bond donors (Lipinski definition) is 4. The van der Waals surface area contributed by atoms with Crippen LogP contribution in [0, 0.1) is 6.92 Å². The molecule has 1 unspecified atom stereocenters. The Kier molecular flexibility index (Phi) is 11.6. The van der Waals surface area contributed by atoms with Crippen LogP contribution >= 0.6 is 12.6 Å². The number of rotatable bonds is 9. The van der Waals surface area contributed by atoms with Crippen molar-refractivity contribution in [3.8, 4) is 0 Å². The minimum absolute atomic E-state index is 0. The minimum atomic E-state index is -1.21. The number of carbonyl (C=O) groups excluding carboxylic acids is 2. The average Bonchev–Trinajstić information content (AvgIpc) is 2.75. The largest absolute Gasteiger partial charge is 1.00 e. The standard InChI is InChI=1S/C21H28N6O3S.Na/c1-14-6-8-17(9-7-14)26(15(2)21(29)30)11-10-20(28)24-16-4-3-5-18(12-16)27(23)19(13-31)25-22;/h3-9,12,15,31H,10-11,13,22-23H2,1-2H3,(H,24,28)(H,29,30);/q;+1/p-1/b25-19-;. The van der Waals surface area contributed by atoms with Crippen LogP contribution in [0.15, 0.2) is 53.6 Å². The number of hydrogen-bond acceptors (Lipinski definition) is 8. The summed E-state index contributed by atoms with van der Waals surface area (Å²) in [6, 6.07) is 13.4. The summed E-state index contributed by atoms with van der Waals surface area (Å²) < 4.78 is 0. The summed E-state index contributed by atoms with van der Waals surface area (Å²) in [5.41, 5.74) is 2.86. The molecule has 9 nitrogen and oxygen atoms in total. The maximum atomic E-state index is 12.5. The molecule has 0 saturated heterocycles. The zero-order valence-electron chi connectivity index (χ0n) is 18.5. The number of amides is 1. The third kappa shape index (κ3) is 7.72. The van der Waals surface area contributed by atoms with Crippen LogP contribution < -0.4 is 61.6 Å². The summed E-state index contributed by atoms with van der Waals surface area (Å²) in [6.45, 7) is 3.68. The summed E-state index contributed by atoms with van der Waals surface area (Å²) in [7, 11) is 0. The molecule has 1 amide bonds. The third-order valence-electron chi connectivity index (χ3n) is 4.73. The Bertz CT molecular complexity index is 941. The normalized spacial score (nSPS) is 11.8. The van der Waals surface area contributed by atoms with Crippen molar-refractivity contribution in [2.75, 3.05) is 27.5 Å². The fourth-order valence-corrected chi connectivity index (χ4v) is 3.15. The Hall–Kier alpha value is -2.24. The Morgan fingerprint density at radius 3 is 2.41 bits per heavy atom. The van der Waals surface area contributed by atoms with E-state index in [0.717, 1.165) is 5.56 Å². The van der Waals surface area contributed by atoms with E-state index >= 15 is 0 Å². The van der Waals surface area contributed by atoms with Crippen molar-refractivity contribution in [1.29, 1.82) is 0 Å².